The average molecular weight is 409 g/mol. The van der Waals surface area contributed by atoms with E-state index in [-0.39, 0.29) is 12.2 Å². The quantitative estimate of drug-likeness (QED) is 0.365. The first-order valence-corrected chi connectivity index (χ1v) is 10.5. The maximum atomic E-state index is 6.96. The lowest BCUT2D eigenvalue weighted by atomic mass is 9.93. The molecule has 2 unspecified atom stereocenters. The van der Waals surface area contributed by atoms with Crippen LogP contribution < -0.4 is 11.5 Å². The van der Waals surface area contributed by atoms with Crippen LogP contribution in [0.2, 0.25) is 0 Å². The number of hydrogen-bond donors (Lipinski definition) is 2. The van der Waals surface area contributed by atoms with Gasteiger partial charge in [0, 0.05) is 11.4 Å². The molecule has 0 aliphatic heterocycles. The lowest BCUT2D eigenvalue weighted by Crippen LogP contribution is -2.15. The highest BCUT2D eigenvalue weighted by atomic mass is 16.5. The van der Waals surface area contributed by atoms with Crippen LogP contribution in [0, 0.1) is 13.8 Å². The molecule has 0 amide bonds. The van der Waals surface area contributed by atoms with Crippen molar-refractivity contribution in [1.82, 2.24) is 0 Å². The number of rotatable bonds is 6. The lowest BCUT2D eigenvalue weighted by Gasteiger charge is -2.29. The highest BCUT2D eigenvalue weighted by Gasteiger charge is 2.25. The summed E-state index contributed by atoms with van der Waals surface area (Å²) in [6.45, 7) is 4.19. The van der Waals surface area contributed by atoms with Crippen LogP contribution in [0.15, 0.2) is 97.1 Å². The van der Waals surface area contributed by atoms with Gasteiger partial charge in [0.05, 0.1) is 0 Å². The number of benzene rings is 4. The fraction of sp³-hybridized carbons (Fsp3) is 0.143. The van der Waals surface area contributed by atoms with Crippen LogP contribution in [0.5, 0.6) is 0 Å². The van der Waals surface area contributed by atoms with Gasteiger partial charge in [-0.3, -0.25) is 0 Å². The molecule has 31 heavy (non-hydrogen) atoms. The maximum absolute atomic E-state index is 6.96. The van der Waals surface area contributed by atoms with Crippen LogP contribution in [0.25, 0.3) is 0 Å². The van der Waals surface area contributed by atoms with Gasteiger partial charge in [-0.05, 0) is 71.5 Å². The number of aryl methyl sites for hydroxylation is 2. The summed E-state index contributed by atoms with van der Waals surface area (Å²) in [6.07, 6.45) is -0.563. The predicted molar refractivity (Wildman–Crippen MR) is 129 cm³/mol. The molecular formula is C28H28N2O. The van der Waals surface area contributed by atoms with Crippen LogP contribution in [-0.2, 0) is 4.74 Å². The molecule has 3 heteroatoms. The Balaban J connectivity index is 1.87. The summed E-state index contributed by atoms with van der Waals surface area (Å²) >= 11 is 0. The minimum atomic E-state index is -0.282. The SMILES string of the molecule is Cc1ccc(N)cc1C(OC(c1ccccc1)c1cc(N)ccc1C)c1ccccc1. The first kappa shape index (κ1) is 20.7. The Labute approximate surface area is 184 Å². The average Bonchev–Trinajstić information content (AvgIpc) is 2.79. The van der Waals surface area contributed by atoms with E-state index in [2.05, 4.69) is 38.1 Å². The van der Waals surface area contributed by atoms with Crippen molar-refractivity contribution in [3.8, 4) is 0 Å². The first-order chi connectivity index (χ1) is 15.0. The molecule has 0 aromatic heterocycles. The third-order valence-corrected chi connectivity index (χ3v) is 5.65. The molecule has 156 valence electrons. The summed E-state index contributed by atoms with van der Waals surface area (Å²) in [6, 6.07) is 32.6. The number of hydrogen-bond acceptors (Lipinski definition) is 3. The van der Waals surface area contributed by atoms with E-state index in [1.807, 2.05) is 72.8 Å². The van der Waals surface area contributed by atoms with Crippen molar-refractivity contribution in [1.29, 1.82) is 0 Å². The molecule has 0 saturated carbocycles. The Kier molecular flexibility index (Phi) is 6.06. The summed E-state index contributed by atoms with van der Waals surface area (Å²) in [4.78, 5) is 0. The standard InChI is InChI=1S/C28H28N2O/c1-19-13-15-23(29)17-25(19)27(21-9-5-3-6-10-21)31-28(22-11-7-4-8-12-22)26-18-24(30)16-14-20(26)2/h3-18,27-28H,29-30H2,1-2H3. The topological polar surface area (TPSA) is 61.3 Å². The Bertz CT molecular complexity index is 1060. The highest BCUT2D eigenvalue weighted by Crippen LogP contribution is 2.39. The maximum Gasteiger partial charge on any atom is 0.109 e. The Morgan fingerprint density at radius 1 is 0.548 bits per heavy atom. The van der Waals surface area contributed by atoms with Crippen molar-refractivity contribution in [2.75, 3.05) is 11.5 Å². The van der Waals surface area contributed by atoms with Crippen LogP contribution in [0.4, 0.5) is 11.4 Å². The minimum Gasteiger partial charge on any atom is -0.399 e. The third-order valence-electron chi connectivity index (χ3n) is 5.65. The van der Waals surface area contributed by atoms with E-state index in [1.165, 1.54) is 0 Å². The summed E-state index contributed by atoms with van der Waals surface area (Å²) in [5.41, 5.74) is 20.4. The zero-order valence-electron chi connectivity index (χ0n) is 18.0. The number of ether oxygens (including phenoxy) is 1. The van der Waals surface area contributed by atoms with Crippen molar-refractivity contribution in [2.45, 2.75) is 26.1 Å². The second kappa shape index (κ2) is 9.07. The molecule has 0 bridgehead atoms. The Morgan fingerprint density at radius 2 is 0.935 bits per heavy atom. The number of nitrogens with two attached hydrogens (primary N) is 2. The number of nitrogen functional groups attached to an aromatic ring is 2. The van der Waals surface area contributed by atoms with E-state index in [9.17, 15) is 0 Å². The molecule has 0 radical (unpaired) electrons. The molecule has 0 aliphatic rings. The van der Waals surface area contributed by atoms with Crippen molar-refractivity contribution in [3.63, 3.8) is 0 Å². The summed E-state index contributed by atoms with van der Waals surface area (Å²) in [5, 5.41) is 0. The molecule has 3 nitrogen and oxygen atoms in total. The minimum absolute atomic E-state index is 0.282. The molecule has 4 aromatic carbocycles. The summed E-state index contributed by atoms with van der Waals surface area (Å²) in [5.74, 6) is 0. The zero-order valence-corrected chi connectivity index (χ0v) is 18.0. The first-order valence-electron chi connectivity index (χ1n) is 10.5. The van der Waals surface area contributed by atoms with Crippen molar-refractivity contribution in [2.24, 2.45) is 0 Å². The molecule has 0 fully saturated rings. The lowest BCUT2D eigenvalue weighted by molar-refractivity contribution is 0.0302. The van der Waals surface area contributed by atoms with Gasteiger partial charge in [-0.2, -0.15) is 0 Å². The molecule has 0 spiro atoms. The highest BCUT2D eigenvalue weighted by molar-refractivity contribution is 5.49. The van der Waals surface area contributed by atoms with Gasteiger partial charge in [0.2, 0.25) is 0 Å². The van der Waals surface area contributed by atoms with Gasteiger partial charge in [-0.15, -0.1) is 0 Å². The molecule has 4 N–H and O–H groups in total. The molecule has 0 saturated heterocycles. The van der Waals surface area contributed by atoms with E-state index in [1.54, 1.807) is 0 Å². The van der Waals surface area contributed by atoms with Crippen molar-refractivity contribution >= 4 is 11.4 Å². The summed E-state index contributed by atoms with van der Waals surface area (Å²) < 4.78 is 6.96. The van der Waals surface area contributed by atoms with Crippen molar-refractivity contribution in [3.05, 3.63) is 130 Å². The monoisotopic (exact) mass is 408 g/mol. The Hall–Kier alpha value is -3.56. The van der Waals surface area contributed by atoms with Crippen LogP contribution >= 0.6 is 0 Å². The summed E-state index contributed by atoms with van der Waals surface area (Å²) in [7, 11) is 0. The van der Waals surface area contributed by atoms with Crippen molar-refractivity contribution < 1.29 is 4.74 Å². The second-order valence-corrected chi connectivity index (χ2v) is 7.95. The van der Waals surface area contributed by atoms with Gasteiger partial charge >= 0.3 is 0 Å². The second-order valence-electron chi connectivity index (χ2n) is 7.95. The van der Waals surface area contributed by atoms with E-state index in [0.29, 0.717) is 0 Å². The van der Waals surface area contributed by atoms with E-state index in [4.69, 9.17) is 16.2 Å². The molecule has 4 aromatic rings. The van der Waals surface area contributed by atoms with Gasteiger partial charge in [0.1, 0.15) is 12.2 Å². The fourth-order valence-corrected chi connectivity index (χ4v) is 3.94. The molecular weight excluding hydrogens is 380 g/mol. The largest absolute Gasteiger partial charge is 0.399 e. The van der Waals surface area contributed by atoms with Crippen LogP contribution in [0.1, 0.15) is 45.6 Å². The van der Waals surface area contributed by atoms with Gasteiger partial charge in [-0.1, -0.05) is 72.8 Å². The third kappa shape index (κ3) is 4.62. The molecule has 0 heterocycles. The zero-order chi connectivity index (χ0) is 21.8. The van der Waals surface area contributed by atoms with E-state index < -0.39 is 0 Å². The van der Waals surface area contributed by atoms with Gasteiger partial charge in [-0.25, -0.2) is 0 Å². The fourth-order valence-electron chi connectivity index (χ4n) is 3.94. The van der Waals surface area contributed by atoms with Gasteiger partial charge in [0.25, 0.3) is 0 Å². The van der Waals surface area contributed by atoms with E-state index >= 15 is 0 Å². The predicted octanol–water partition coefficient (Wildman–Crippen LogP) is 6.36. The molecule has 0 aliphatic carbocycles. The van der Waals surface area contributed by atoms with E-state index in [0.717, 1.165) is 44.8 Å². The van der Waals surface area contributed by atoms with Crippen LogP contribution in [0.3, 0.4) is 0 Å². The smallest absolute Gasteiger partial charge is 0.109 e. The number of anilines is 2. The molecule has 2 atom stereocenters. The normalized spacial score (nSPS) is 13.0. The Morgan fingerprint density at radius 3 is 1.32 bits per heavy atom. The van der Waals surface area contributed by atoms with Crippen LogP contribution in [-0.4, -0.2) is 0 Å². The van der Waals surface area contributed by atoms with Gasteiger partial charge < -0.3 is 16.2 Å². The van der Waals surface area contributed by atoms with Gasteiger partial charge in [0.15, 0.2) is 0 Å². The molecule has 4 rings (SSSR count).